The fourth-order valence-corrected chi connectivity index (χ4v) is 1.61. The van der Waals surface area contributed by atoms with E-state index in [0.717, 1.165) is 0 Å². The number of alkyl halides is 1. The van der Waals surface area contributed by atoms with Gasteiger partial charge in [0.2, 0.25) is 0 Å². The van der Waals surface area contributed by atoms with Crippen molar-refractivity contribution in [2.75, 3.05) is 19.4 Å². The van der Waals surface area contributed by atoms with Gasteiger partial charge in [0.1, 0.15) is 5.82 Å². The molecule has 1 rings (SSSR count). The van der Waals surface area contributed by atoms with E-state index in [-0.39, 0.29) is 11.8 Å². The van der Waals surface area contributed by atoms with Crippen LogP contribution in [-0.4, -0.2) is 25.0 Å². The molecule has 0 saturated carbocycles. The van der Waals surface area contributed by atoms with Crippen molar-refractivity contribution in [1.29, 1.82) is 0 Å². The molecular weight excluding hydrogens is 263 g/mol. The Hall–Kier alpha value is -1.10. The number of nitrogens with one attached hydrogen (secondary N) is 1. The number of carbonyl (C=O) groups is 1. The molecule has 3 nitrogen and oxygen atoms in total. The molecule has 0 radical (unpaired) electrons. The van der Waals surface area contributed by atoms with E-state index in [1.54, 1.807) is 26.2 Å². The van der Waals surface area contributed by atoms with E-state index >= 15 is 0 Å². The van der Waals surface area contributed by atoms with E-state index in [2.05, 4.69) is 21.2 Å². The molecule has 0 aliphatic carbocycles. The lowest BCUT2D eigenvalue weighted by Crippen LogP contribution is -2.27. The van der Waals surface area contributed by atoms with Crippen LogP contribution in [0, 0.1) is 5.82 Å². The average Bonchev–Trinajstić information content (AvgIpc) is 2.18. The summed E-state index contributed by atoms with van der Waals surface area (Å²) < 4.78 is 13.3. The van der Waals surface area contributed by atoms with Crippen LogP contribution in [0.25, 0.3) is 0 Å². The van der Waals surface area contributed by atoms with Crippen LogP contribution in [0.5, 0.6) is 0 Å². The number of hydrogen-bond acceptors (Lipinski definition) is 1. The molecule has 0 heterocycles. The van der Waals surface area contributed by atoms with Gasteiger partial charge >= 0.3 is 6.03 Å². The lowest BCUT2D eigenvalue weighted by molar-refractivity contribution is 0.230. The second-order valence-corrected chi connectivity index (χ2v) is 3.78. The van der Waals surface area contributed by atoms with Crippen molar-refractivity contribution in [3.05, 3.63) is 29.6 Å². The third kappa shape index (κ3) is 2.92. The summed E-state index contributed by atoms with van der Waals surface area (Å²) >= 11 is 3.18. The number of benzene rings is 1. The molecule has 0 bridgehead atoms. The number of amides is 2. The molecule has 0 unspecified atom stereocenters. The summed E-state index contributed by atoms with van der Waals surface area (Å²) in [6, 6.07) is 4.32. The molecule has 0 aromatic heterocycles. The van der Waals surface area contributed by atoms with E-state index in [1.165, 1.54) is 11.0 Å². The van der Waals surface area contributed by atoms with Crippen LogP contribution in [0.3, 0.4) is 0 Å². The van der Waals surface area contributed by atoms with Gasteiger partial charge in [0, 0.05) is 30.7 Å². The average molecular weight is 275 g/mol. The zero-order valence-corrected chi connectivity index (χ0v) is 10.1. The lowest BCUT2D eigenvalue weighted by atomic mass is 10.2. The summed E-state index contributed by atoms with van der Waals surface area (Å²) in [5, 5.41) is 2.98. The van der Waals surface area contributed by atoms with E-state index in [9.17, 15) is 9.18 Å². The first-order valence-corrected chi connectivity index (χ1v) is 5.50. The molecule has 0 fully saturated rings. The molecule has 1 aromatic carbocycles. The predicted molar refractivity (Wildman–Crippen MR) is 61.7 cm³/mol. The Morgan fingerprint density at radius 1 is 1.53 bits per heavy atom. The van der Waals surface area contributed by atoms with Gasteiger partial charge in [0.05, 0.1) is 0 Å². The molecule has 15 heavy (non-hydrogen) atoms. The third-order valence-corrected chi connectivity index (χ3v) is 2.46. The Morgan fingerprint density at radius 3 is 2.73 bits per heavy atom. The summed E-state index contributed by atoms with van der Waals surface area (Å²) in [7, 11) is 3.25. The fraction of sp³-hybridized carbons (Fsp3) is 0.300. The minimum absolute atomic E-state index is 0.275. The Kier molecular flexibility index (Phi) is 4.08. The highest BCUT2D eigenvalue weighted by Gasteiger charge is 2.10. The smallest absolute Gasteiger partial charge is 0.321 e. The van der Waals surface area contributed by atoms with Gasteiger partial charge in [-0.1, -0.05) is 22.0 Å². The number of urea groups is 1. The maximum Gasteiger partial charge on any atom is 0.321 e. The van der Waals surface area contributed by atoms with Gasteiger partial charge in [0.15, 0.2) is 0 Å². The first-order valence-electron chi connectivity index (χ1n) is 4.38. The standard InChI is InChI=1S/C10H12BrFN2O/c1-14(2)10(15)13-9-5-3-4-8(12)7(9)6-11/h3-5H,6H2,1-2H3,(H,13,15). The van der Waals surface area contributed by atoms with Crippen molar-refractivity contribution in [2.45, 2.75) is 5.33 Å². The molecule has 1 N–H and O–H groups in total. The Balaban J connectivity index is 2.94. The Morgan fingerprint density at radius 2 is 2.20 bits per heavy atom. The summed E-state index contributed by atoms with van der Waals surface area (Å²) in [6.07, 6.45) is 0. The minimum Gasteiger partial charge on any atom is -0.331 e. The van der Waals surface area contributed by atoms with E-state index < -0.39 is 0 Å². The molecule has 0 spiro atoms. The van der Waals surface area contributed by atoms with Crippen molar-refractivity contribution in [2.24, 2.45) is 0 Å². The third-order valence-electron chi connectivity index (χ3n) is 1.90. The van der Waals surface area contributed by atoms with E-state index in [0.29, 0.717) is 16.6 Å². The molecule has 0 aliphatic rings. The molecule has 0 aliphatic heterocycles. The fourth-order valence-electron chi connectivity index (χ4n) is 1.04. The first kappa shape index (κ1) is 12.0. The summed E-state index contributed by atoms with van der Waals surface area (Å²) in [4.78, 5) is 12.8. The van der Waals surface area contributed by atoms with Crippen LogP contribution in [0.2, 0.25) is 0 Å². The lowest BCUT2D eigenvalue weighted by Gasteiger charge is -2.14. The molecule has 5 heteroatoms. The van der Waals surface area contributed by atoms with Crippen molar-refractivity contribution in [3.63, 3.8) is 0 Å². The first-order chi connectivity index (χ1) is 7.06. The van der Waals surface area contributed by atoms with Gasteiger partial charge in [0.25, 0.3) is 0 Å². The highest BCUT2D eigenvalue weighted by molar-refractivity contribution is 9.08. The van der Waals surface area contributed by atoms with Crippen molar-refractivity contribution in [1.82, 2.24) is 4.90 Å². The predicted octanol–water partition coefficient (Wildman–Crippen LogP) is 2.81. The quantitative estimate of drug-likeness (QED) is 0.827. The second-order valence-electron chi connectivity index (χ2n) is 3.22. The molecule has 2 amide bonds. The van der Waals surface area contributed by atoms with Gasteiger partial charge in [-0.3, -0.25) is 0 Å². The monoisotopic (exact) mass is 274 g/mol. The van der Waals surface area contributed by atoms with E-state index in [4.69, 9.17) is 0 Å². The number of halogens is 2. The molecule has 82 valence electrons. The number of nitrogens with zero attached hydrogens (tertiary/aromatic N) is 1. The second kappa shape index (κ2) is 5.11. The number of rotatable bonds is 2. The largest absolute Gasteiger partial charge is 0.331 e. The Bertz CT molecular complexity index is 368. The Labute approximate surface area is 96.4 Å². The van der Waals surface area contributed by atoms with Crippen LogP contribution in [-0.2, 0) is 5.33 Å². The van der Waals surface area contributed by atoms with Gasteiger partial charge in [-0.15, -0.1) is 0 Å². The number of carbonyl (C=O) groups excluding carboxylic acids is 1. The van der Waals surface area contributed by atoms with Crippen molar-refractivity contribution in [3.8, 4) is 0 Å². The highest BCUT2D eigenvalue weighted by Crippen LogP contribution is 2.21. The van der Waals surface area contributed by atoms with Gasteiger partial charge in [-0.05, 0) is 12.1 Å². The van der Waals surface area contributed by atoms with Crippen molar-refractivity contribution >= 4 is 27.6 Å². The highest BCUT2D eigenvalue weighted by atomic mass is 79.9. The van der Waals surface area contributed by atoms with Crippen LogP contribution in [0.4, 0.5) is 14.9 Å². The van der Waals surface area contributed by atoms with Crippen LogP contribution in [0.1, 0.15) is 5.56 Å². The number of anilines is 1. The number of hydrogen-bond donors (Lipinski definition) is 1. The maximum absolute atomic E-state index is 13.3. The minimum atomic E-state index is -0.330. The van der Waals surface area contributed by atoms with Gasteiger partial charge in [-0.25, -0.2) is 9.18 Å². The SMILES string of the molecule is CN(C)C(=O)Nc1cccc(F)c1CBr. The maximum atomic E-state index is 13.3. The molecular formula is C10H12BrFN2O. The van der Waals surface area contributed by atoms with Crippen LogP contribution < -0.4 is 5.32 Å². The topological polar surface area (TPSA) is 32.3 Å². The van der Waals surface area contributed by atoms with Gasteiger partial charge in [-0.2, -0.15) is 0 Å². The van der Waals surface area contributed by atoms with Gasteiger partial charge < -0.3 is 10.2 Å². The normalized spacial score (nSPS) is 9.87. The zero-order valence-electron chi connectivity index (χ0n) is 8.55. The molecule has 0 saturated heterocycles. The van der Waals surface area contributed by atoms with Crippen LogP contribution in [0.15, 0.2) is 18.2 Å². The zero-order chi connectivity index (χ0) is 11.4. The molecule has 0 atom stereocenters. The van der Waals surface area contributed by atoms with Crippen molar-refractivity contribution < 1.29 is 9.18 Å². The summed E-state index contributed by atoms with van der Waals surface area (Å²) in [5.74, 6) is -0.330. The van der Waals surface area contributed by atoms with Crippen LogP contribution >= 0.6 is 15.9 Å². The molecule has 1 aromatic rings. The van der Waals surface area contributed by atoms with E-state index in [1.807, 2.05) is 0 Å². The summed E-state index contributed by atoms with van der Waals surface area (Å²) in [5.41, 5.74) is 0.943. The summed E-state index contributed by atoms with van der Waals surface area (Å²) in [6.45, 7) is 0.